The molecule has 0 aliphatic rings. The molecule has 0 saturated carbocycles. The molecule has 0 saturated heterocycles. The van der Waals surface area contributed by atoms with Crippen LogP contribution in [0, 0.1) is 12.7 Å². The van der Waals surface area contributed by atoms with E-state index in [1.165, 1.54) is 17.2 Å². The molecule has 2 nitrogen and oxygen atoms in total. The van der Waals surface area contributed by atoms with Crippen molar-refractivity contribution in [2.75, 3.05) is 0 Å². The van der Waals surface area contributed by atoms with Gasteiger partial charge in [-0.2, -0.15) is 0 Å². The predicted molar refractivity (Wildman–Crippen MR) is 80.7 cm³/mol. The fourth-order valence-electron chi connectivity index (χ4n) is 2.39. The first kappa shape index (κ1) is 14.7. The standard InChI is InChI=1S/C17H21FN2/c1-13-6-2-3-7-14(13)10-11-16(20-19)12-15-8-4-5-9-17(15)18/h2-9,16,20H,10-12,19H2,1H3. The van der Waals surface area contributed by atoms with E-state index in [9.17, 15) is 4.39 Å². The van der Waals surface area contributed by atoms with E-state index in [0.717, 1.165) is 12.8 Å². The van der Waals surface area contributed by atoms with Crippen molar-refractivity contribution in [1.29, 1.82) is 0 Å². The van der Waals surface area contributed by atoms with Crippen LogP contribution >= 0.6 is 0 Å². The van der Waals surface area contributed by atoms with Gasteiger partial charge in [0.25, 0.3) is 0 Å². The summed E-state index contributed by atoms with van der Waals surface area (Å²) in [5.41, 5.74) is 6.12. The molecule has 0 aromatic heterocycles. The predicted octanol–water partition coefficient (Wildman–Crippen LogP) is 3.14. The van der Waals surface area contributed by atoms with Gasteiger partial charge in [-0.1, -0.05) is 42.5 Å². The van der Waals surface area contributed by atoms with Crippen molar-refractivity contribution in [1.82, 2.24) is 5.43 Å². The Morgan fingerprint density at radius 2 is 1.70 bits per heavy atom. The number of nitrogens with two attached hydrogens (primary N) is 1. The van der Waals surface area contributed by atoms with E-state index >= 15 is 0 Å². The second kappa shape index (κ2) is 7.17. The van der Waals surface area contributed by atoms with Gasteiger partial charge >= 0.3 is 0 Å². The highest BCUT2D eigenvalue weighted by atomic mass is 19.1. The monoisotopic (exact) mass is 272 g/mol. The zero-order chi connectivity index (χ0) is 14.4. The fourth-order valence-corrected chi connectivity index (χ4v) is 2.39. The highest BCUT2D eigenvalue weighted by molar-refractivity contribution is 5.26. The third-order valence-electron chi connectivity index (χ3n) is 3.68. The van der Waals surface area contributed by atoms with Gasteiger partial charge in [-0.25, -0.2) is 4.39 Å². The zero-order valence-electron chi connectivity index (χ0n) is 11.8. The van der Waals surface area contributed by atoms with Crippen molar-refractivity contribution in [2.24, 2.45) is 5.84 Å². The number of hydrogen-bond acceptors (Lipinski definition) is 2. The number of nitrogens with one attached hydrogen (secondary N) is 1. The van der Waals surface area contributed by atoms with Crippen LogP contribution in [0.5, 0.6) is 0 Å². The molecule has 3 heteroatoms. The van der Waals surface area contributed by atoms with Crippen molar-refractivity contribution in [2.45, 2.75) is 32.2 Å². The molecule has 1 atom stereocenters. The number of hydrogen-bond donors (Lipinski definition) is 2. The molecule has 0 spiro atoms. The minimum atomic E-state index is -0.163. The summed E-state index contributed by atoms with van der Waals surface area (Å²) in [5, 5.41) is 0. The maximum atomic E-state index is 13.6. The molecule has 0 aliphatic carbocycles. The van der Waals surface area contributed by atoms with Crippen LogP contribution in [-0.4, -0.2) is 6.04 Å². The Labute approximate surface area is 119 Å². The molecule has 106 valence electrons. The third-order valence-corrected chi connectivity index (χ3v) is 3.68. The average Bonchev–Trinajstić information content (AvgIpc) is 2.47. The highest BCUT2D eigenvalue weighted by Crippen LogP contribution is 2.14. The van der Waals surface area contributed by atoms with Crippen molar-refractivity contribution >= 4 is 0 Å². The Morgan fingerprint density at radius 1 is 1.05 bits per heavy atom. The summed E-state index contributed by atoms with van der Waals surface area (Å²) in [6, 6.07) is 15.3. The Bertz CT molecular complexity index is 554. The SMILES string of the molecule is Cc1ccccc1CCC(Cc1ccccc1F)NN. The number of benzene rings is 2. The maximum Gasteiger partial charge on any atom is 0.126 e. The molecule has 0 fully saturated rings. The molecular weight excluding hydrogens is 251 g/mol. The van der Waals surface area contributed by atoms with Gasteiger partial charge in [-0.05, 0) is 48.9 Å². The zero-order valence-corrected chi connectivity index (χ0v) is 11.8. The van der Waals surface area contributed by atoms with E-state index in [4.69, 9.17) is 5.84 Å². The molecule has 2 aromatic rings. The van der Waals surface area contributed by atoms with Crippen molar-refractivity contribution in [3.8, 4) is 0 Å². The van der Waals surface area contributed by atoms with E-state index < -0.39 is 0 Å². The van der Waals surface area contributed by atoms with E-state index in [0.29, 0.717) is 12.0 Å². The number of hydrazine groups is 1. The first-order valence-electron chi connectivity index (χ1n) is 6.94. The highest BCUT2D eigenvalue weighted by Gasteiger charge is 2.11. The minimum absolute atomic E-state index is 0.0755. The van der Waals surface area contributed by atoms with E-state index in [1.54, 1.807) is 6.07 Å². The molecule has 0 radical (unpaired) electrons. The molecule has 3 N–H and O–H groups in total. The molecular formula is C17H21FN2. The van der Waals surface area contributed by atoms with Crippen LogP contribution in [0.2, 0.25) is 0 Å². The topological polar surface area (TPSA) is 38.0 Å². The average molecular weight is 272 g/mol. The molecule has 2 rings (SSSR count). The van der Waals surface area contributed by atoms with Crippen LogP contribution in [0.1, 0.15) is 23.1 Å². The second-order valence-electron chi connectivity index (χ2n) is 5.12. The van der Waals surface area contributed by atoms with Crippen molar-refractivity contribution in [3.05, 3.63) is 71.0 Å². The van der Waals surface area contributed by atoms with Gasteiger partial charge in [0.15, 0.2) is 0 Å². The Balaban J connectivity index is 1.96. The van der Waals surface area contributed by atoms with E-state index in [1.807, 2.05) is 24.3 Å². The Hall–Kier alpha value is -1.71. The van der Waals surface area contributed by atoms with Gasteiger partial charge in [0.05, 0.1) is 0 Å². The molecule has 20 heavy (non-hydrogen) atoms. The quantitative estimate of drug-likeness (QED) is 0.626. The molecule has 0 aliphatic heterocycles. The summed E-state index contributed by atoms with van der Waals surface area (Å²) in [4.78, 5) is 0. The van der Waals surface area contributed by atoms with Gasteiger partial charge in [0.1, 0.15) is 5.82 Å². The first-order chi connectivity index (χ1) is 9.70. The normalized spacial score (nSPS) is 12.3. The van der Waals surface area contributed by atoms with Crippen molar-refractivity contribution < 1.29 is 4.39 Å². The lowest BCUT2D eigenvalue weighted by Crippen LogP contribution is -2.37. The van der Waals surface area contributed by atoms with Crippen LogP contribution in [0.15, 0.2) is 48.5 Å². The Morgan fingerprint density at radius 3 is 2.35 bits per heavy atom. The van der Waals surface area contributed by atoms with E-state index in [2.05, 4.69) is 24.5 Å². The summed E-state index contributed by atoms with van der Waals surface area (Å²) in [6.07, 6.45) is 2.43. The largest absolute Gasteiger partial charge is 0.271 e. The lowest BCUT2D eigenvalue weighted by atomic mass is 9.97. The van der Waals surface area contributed by atoms with Gasteiger partial charge in [0.2, 0.25) is 0 Å². The molecule has 1 unspecified atom stereocenters. The molecule has 0 bridgehead atoms. The van der Waals surface area contributed by atoms with Crippen LogP contribution in [0.4, 0.5) is 4.39 Å². The Kier molecular flexibility index (Phi) is 5.27. The molecule has 2 aromatic carbocycles. The van der Waals surface area contributed by atoms with Crippen molar-refractivity contribution in [3.63, 3.8) is 0 Å². The fraction of sp³-hybridized carbons (Fsp3) is 0.294. The van der Waals surface area contributed by atoms with Gasteiger partial charge < -0.3 is 0 Å². The third kappa shape index (κ3) is 3.89. The second-order valence-corrected chi connectivity index (χ2v) is 5.12. The summed E-state index contributed by atoms with van der Waals surface area (Å²) in [7, 11) is 0. The van der Waals surface area contributed by atoms with E-state index in [-0.39, 0.29) is 11.9 Å². The number of aryl methyl sites for hydroxylation is 2. The number of halogens is 1. The summed E-state index contributed by atoms with van der Waals surface area (Å²) in [6.45, 7) is 2.11. The summed E-state index contributed by atoms with van der Waals surface area (Å²) < 4.78 is 13.6. The van der Waals surface area contributed by atoms with Crippen LogP contribution in [0.3, 0.4) is 0 Å². The van der Waals surface area contributed by atoms with Crippen LogP contribution < -0.4 is 11.3 Å². The summed E-state index contributed by atoms with van der Waals surface area (Å²) in [5.74, 6) is 5.44. The minimum Gasteiger partial charge on any atom is -0.271 e. The van der Waals surface area contributed by atoms with Gasteiger partial charge in [-0.15, -0.1) is 0 Å². The van der Waals surface area contributed by atoms with Gasteiger partial charge in [0, 0.05) is 6.04 Å². The number of rotatable bonds is 6. The maximum absolute atomic E-state index is 13.6. The molecule has 0 heterocycles. The lowest BCUT2D eigenvalue weighted by molar-refractivity contribution is 0.480. The van der Waals surface area contributed by atoms with Crippen LogP contribution in [-0.2, 0) is 12.8 Å². The smallest absolute Gasteiger partial charge is 0.126 e. The molecule has 0 amide bonds. The lowest BCUT2D eigenvalue weighted by Gasteiger charge is -2.17. The first-order valence-corrected chi connectivity index (χ1v) is 6.94. The van der Waals surface area contributed by atoms with Crippen LogP contribution in [0.25, 0.3) is 0 Å². The summed E-state index contributed by atoms with van der Waals surface area (Å²) >= 11 is 0. The van der Waals surface area contributed by atoms with Gasteiger partial charge in [-0.3, -0.25) is 11.3 Å².